The number of likely N-dealkylation sites (tertiary alicyclic amines) is 1. The Kier molecular flexibility index (Phi) is 5.32. The van der Waals surface area contributed by atoms with Gasteiger partial charge in [-0.3, -0.25) is 4.79 Å². The van der Waals surface area contributed by atoms with Crippen LogP contribution in [0, 0.1) is 5.92 Å². The maximum absolute atomic E-state index is 12.6. The average Bonchev–Trinajstić information content (AvgIpc) is 2.41. The van der Waals surface area contributed by atoms with Gasteiger partial charge in [0.2, 0.25) is 0 Å². The average molecular weight is 352 g/mol. The third-order valence-corrected chi connectivity index (χ3v) is 5.09. The van der Waals surface area contributed by atoms with Crippen molar-refractivity contribution in [3.8, 4) is 0 Å². The van der Waals surface area contributed by atoms with E-state index in [2.05, 4.69) is 4.36 Å². The van der Waals surface area contributed by atoms with E-state index in [0.717, 1.165) is 0 Å². The van der Waals surface area contributed by atoms with Gasteiger partial charge in [-0.05, 0) is 32.9 Å². The predicted octanol–water partition coefficient (Wildman–Crippen LogP) is 2.79. The molecule has 0 radical (unpaired) electrons. The molecule has 1 fully saturated rings. The number of rotatable bonds is 3. The molecule has 1 atom stereocenters. The number of hydrogen-bond acceptors (Lipinski definition) is 4. The lowest BCUT2D eigenvalue weighted by Gasteiger charge is -2.39. The van der Waals surface area contributed by atoms with E-state index < -0.39 is 21.2 Å². The van der Waals surface area contributed by atoms with Gasteiger partial charge in [0.15, 0.2) is 0 Å². The summed E-state index contributed by atoms with van der Waals surface area (Å²) in [6, 6.07) is 8.58. The van der Waals surface area contributed by atoms with Crippen LogP contribution in [-0.4, -0.2) is 51.8 Å². The highest BCUT2D eigenvalue weighted by molar-refractivity contribution is 7.93. The summed E-state index contributed by atoms with van der Waals surface area (Å²) in [6.45, 7) is 6.41. The Bertz CT molecular complexity index is 725. The van der Waals surface area contributed by atoms with E-state index in [9.17, 15) is 13.8 Å². The molecule has 0 N–H and O–H groups in total. The summed E-state index contributed by atoms with van der Waals surface area (Å²) in [5, 5.41) is 0. The van der Waals surface area contributed by atoms with Crippen LogP contribution in [0.15, 0.2) is 34.7 Å². The van der Waals surface area contributed by atoms with Crippen LogP contribution in [0.1, 0.15) is 31.1 Å². The van der Waals surface area contributed by atoms with Crippen LogP contribution < -0.4 is 0 Å². The SMILES string of the molecule is CC(C)(C)OC(=O)N1CC(CS(C)(=O)=NC(=O)c2ccccc2)C1. The van der Waals surface area contributed by atoms with E-state index in [0.29, 0.717) is 24.4 Å². The molecule has 1 aromatic rings. The molecule has 0 saturated carbocycles. The normalized spacial score (nSPS) is 17.6. The first kappa shape index (κ1) is 18.4. The zero-order valence-electron chi connectivity index (χ0n) is 14.5. The highest BCUT2D eigenvalue weighted by atomic mass is 32.2. The highest BCUT2D eigenvalue weighted by Gasteiger charge is 2.35. The van der Waals surface area contributed by atoms with Gasteiger partial charge in [0, 0.05) is 36.6 Å². The Balaban J connectivity index is 1.90. The first-order valence-electron chi connectivity index (χ1n) is 7.83. The summed E-state index contributed by atoms with van der Waals surface area (Å²) >= 11 is 0. The first-order chi connectivity index (χ1) is 11.1. The summed E-state index contributed by atoms with van der Waals surface area (Å²) in [4.78, 5) is 25.5. The van der Waals surface area contributed by atoms with Crippen LogP contribution in [0.2, 0.25) is 0 Å². The molecule has 2 rings (SSSR count). The van der Waals surface area contributed by atoms with E-state index in [1.54, 1.807) is 35.2 Å². The van der Waals surface area contributed by atoms with Crippen molar-refractivity contribution in [2.45, 2.75) is 26.4 Å². The van der Waals surface area contributed by atoms with E-state index in [4.69, 9.17) is 4.74 Å². The Hall–Kier alpha value is -1.89. The fraction of sp³-hybridized carbons (Fsp3) is 0.529. The quantitative estimate of drug-likeness (QED) is 0.838. The van der Waals surface area contributed by atoms with E-state index in [1.165, 1.54) is 6.26 Å². The molecule has 1 aliphatic heterocycles. The smallest absolute Gasteiger partial charge is 0.410 e. The number of ether oxygens (including phenoxy) is 1. The van der Waals surface area contributed by atoms with Gasteiger partial charge in [-0.25, -0.2) is 9.00 Å². The highest BCUT2D eigenvalue weighted by Crippen LogP contribution is 2.21. The van der Waals surface area contributed by atoms with Crippen molar-refractivity contribution in [3.05, 3.63) is 35.9 Å². The molecule has 0 aromatic heterocycles. The van der Waals surface area contributed by atoms with Gasteiger partial charge in [0.1, 0.15) is 5.60 Å². The van der Waals surface area contributed by atoms with Crippen LogP contribution in [0.5, 0.6) is 0 Å². The van der Waals surface area contributed by atoms with Crippen LogP contribution >= 0.6 is 0 Å². The minimum atomic E-state index is -2.63. The summed E-state index contributed by atoms with van der Waals surface area (Å²) in [5.41, 5.74) is -0.103. The standard InChI is InChI=1S/C17H24N2O4S/c1-17(2,3)23-16(21)19-10-13(11-19)12-24(4,22)18-15(20)14-8-6-5-7-9-14/h5-9,13H,10-12H2,1-4H3. The minimum Gasteiger partial charge on any atom is -0.444 e. The number of hydrogen-bond donors (Lipinski definition) is 0. The third kappa shape index (κ3) is 5.33. The first-order valence-corrected chi connectivity index (χ1v) is 9.92. The third-order valence-electron chi connectivity index (χ3n) is 3.45. The van der Waals surface area contributed by atoms with Gasteiger partial charge in [-0.1, -0.05) is 18.2 Å². The number of carbonyl (C=O) groups is 2. The number of carbonyl (C=O) groups excluding carboxylic acids is 2. The van der Waals surface area contributed by atoms with E-state index in [1.807, 2.05) is 20.8 Å². The van der Waals surface area contributed by atoms with Gasteiger partial charge < -0.3 is 9.64 Å². The largest absolute Gasteiger partial charge is 0.444 e. The Morgan fingerprint density at radius 1 is 1.25 bits per heavy atom. The summed E-state index contributed by atoms with van der Waals surface area (Å²) in [6.07, 6.45) is 1.13. The monoisotopic (exact) mass is 352 g/mol. The molecule has 1 saturated heterocycles. The molecule has 7 heteroatoms. The molecular formula is C17H24N2O4S. The summed E-state index contributed by atoms with van der Waals surface area (Å²) in [5.74, 6) is -0.0982. The maximum Gasteiger partial charge on any atom is 0.410 e. The Morgan fingerprint density at radius 2 is 1.83 bits per heavy atom. The number of nitrogens with zero attached hydrogens (tertiary/aromatic N) is 2. The van der Waals surface area contributed by atoms with Crippen molar-refractivity contribution in [2.24, 2.45) is 10.3 Å². The molecule has 1 unspecified atom stereocenters. The molecule has 24 heavy (non-hydrogen) atoms. The number of benzene rings is 1. The lowest BCUT2D eigenvalue weighted by atomic mass is 10.0. The molecular weight excluding hydrogens is 328 g/mol. The number of amides is 2. The molecule has 1 aliphatic rings. The van der Waals surface area contributed by atoms with E-state index in [-0.39, 0.29) is 12.0 Å². The Labute approximate surface area is 143 Å². The lowest BCUT2D eigenvalue weighted by Crippen LogP contribution is -2.53. The van der Waals surface area contributed by atoms with Crippen molar-refractivity contribution in [1.29, 1.82) is 0 Å². The second-order valence-electron chi connectivity index (χ2n) is 7.14. The van der Waals surface area contributed by atoms with Crippen molar-refractivity contribution < 1.29 is 18.5 Å². The van der Waals surface area contributed by atoms with Gasteiger partial charge in [-0.15, -0.1) is 0 Å². The fourth-order valence-electron chi connectivity index (χ4n) is 2.43. The van der Waals surface area contributed by atoms with Crippen LogP contribution in [0.4, 0.5) is 4.79 Å². The molecule has 0 aliphatic carbocycles. The van der Waals surface area contributed by atoms with Crippen molar-refractivity contribution in [1.82, 2.24) is 4.90 Å². The van der Waals surface area contributed by atoms with Gasteiger partial charge in [0.05, 0.1) is 9.73 Å². The predicted molar refractivity (Wildman–Crippen MR) is 93.4 cm³/mol. The molecule has 2 amide bonds. The summed E-state index contributed by atoms with van der Waals surface area (Å²) < 4.78 is 21.7. The van der Waals surface area contributed by atoms with Gasteiger partial charge in [0.25, 0.3) is 5.91 Å². The van der Waals surface area contributed by atoms with Crippen molar-refractivity contribution >= 4 is 21.7 Å². The molecule has 1 aromatic carbocycles. The molecule has 6 nitrogen and oxygen atoms in total. The van der Waals surface area contributed by atoms with Gasteiger partial charge >= 0.3 is 6.09 Å². The minimum absolute atomic E-state index is 0.0716. The van der Waals surface area contributed by atoms with Crippen LogP contribution in [0.3, 0.4) is 0 Å². The lowest BCUT2D eigenvalue weighted by molar-refractivity contribution is 0.00198. The summed E-state index contributed by atoms with van der Waals surface area (Å²) in [7, 11) is -2.63. The topological polar surface area (TPSA) is 76.0 Å². The Morgan fingerprint density at radius 3 is 2.38 bits per heavy atom. The molecule has 0 bridgehead atoms. The maximum atomic E-state index is 12.6. The van der Waals surface area contributed by atoms with Crippen LogP contribution in [-0.2, 0) is 14.5 Å². The second kappa shape index (κ2) is 6.93. The molecule has 132 valence electrons. The van der Waals surface area contributed by atoms with Gasteiger partial charge in [-0.2, -0.15) is 4.36 Å². The fourth-order valence-corrected chi connectivity index (χ4v) is 4.05. The van der Waals surface area contributed by atoms with Crippen LogP contribution in [0.25, 0.3) is 0 Å². The molecule has 1 heterocycles. The zero-order chi connectivity index (χ0) is 18.0. The van der Waals surface area contributed by atoms with Crippen molar-refractivity contribution in [3.63, 3.8) is 0 Å². The second-order valence-corrected chi connectivity index (χ2v) is 9.57. The zero-order valence-corrected chi connectivity index (χ0v) is 15.3. The molecule has 0 spiro atoms. The van der Waals surface area contributed by atoms with E-state index >= 15 is 0 Å². The van der Waals surface area contributed by atoms with Crippen molar-refractivity contribution in [2.75, 3.05) is 25.1 Å².